The number of benzene rings is 1. The van der Waals surface area contributed by atoms with Crippen LogP contribution in [0.4, 0.5) is 0 Å². The molecule has 0 spiro atoms. The zero-order chi connectivity index (χ0) is 15.0. The molecule has 1 aromatic carbocycles. The summed E-state index contributed by atoms with van der Waals surface area (Å²) in [5.41, 5.74) is 7.86. The number of nitrogens with two attached hydrogens (primary N) is 1. The number of hydrogen-bond acceptors (Lipinski definition) is 4. The van der Waals surface area contributed by atoms with E-state index in [-0.39, 0.29) is 36.8 Å². The fraction of sp³-hybridized carbons (Fsp3) is 0.533. The third-order valence-corrected chi connectivity index (χ3v) is 3.09. The van der Waals surface area contributed by atoms with Crippen LogP contribution in [-0.2, 0) is 22.6 Å². The molecule has 0 heterocycles. The lowest BCUT2D eigenvalue weighted by molar-refractivity contribution is -0.123. The van der Waals surface area contributed by atoms with Crippen molar-refractivity contribution < 1.29 is 9.53 Å². The van der Waals surface area contributed by atoms with Crippen LogP contribution in [0.25, 0.3) is 0 Å². The van der Waals surface area contributed by atoms with E-state index in [1.165, 1.54) is 5.56 Å². The predicted molar refractivity (Wildman–Crippen MR) is 94.6 cm³/mol. The number of carbonyl (C=O) groups excluding carboxylic acids is 1. The lowest BCUT2D eigenvalue weighted by atomic mass is 10.1. The van der Waals surface area contributed by atoms with Crippen LogP contribution in [0.15, 0.2) is 24.3 Å². The minimum absolute atomic E-state index is 0. The summed E-state index contributed by atoms with van der Waals surface area (Å²) in [5.74, 6) is -0.0399. The predicted octanol–water partition coefficient (Wildman–Crippen LogP) is 1.57. The fourth-order valence-corrected chi connectivity index (χ4v) is 1.96. The van der Waals surface area contributed by atoms with Crippen LogP contribution < -0.4 is 11.1 Å². The molecule has 0 radical (unpaired) electrons. The Morgan fingerprint density at radius 2 is 1.86 bits per heavy atom. The van der Waals surface area contributed by atoms with Gasteiger partial charge in [0.2, 0.25) is 5.91 Å². The third-order valence-electron chi connectivity index (χ3n) is 3.09. The van der Waals surface area contributed by atoms with Crippen LogP contribution in [0.3, 0.4) is 0 Å². The molecular weight excluding hydrogens is 325 g/mol. The van der Waals surface area contributed by atoms with Gasteiger partial charge in [0.1, 0.15) is 0 Å². The number of carbonyl (C=O) groups is 1. The van der Waals surface area contributed by atoms with Gasteiger partial charge in [-0.05, 0) is 25.2 Å². The zero-order valence-corrected chi connectivity index (χ0v) is 15.0. The van der Waals surface area contributed by atoms with Gasteiger partial charge in [-0.3, -0.25) is 4.79 Å². The van der Waals surface area contributed by atoms with Gasteiger partial charge in [-0.2, -0.15) is 0 Å². The SMILES string of the molecule is COC(CN)CC(=O)NCc1ccccc1CN(C)C.Cl.Cl. The number of ether oxygens (including phenoxy) is 1. The van der Waals surface area contributed by atoms with Crippen LogP contribution in [0.1, 0.15) is 17.5 Å². The highest BCUT2D eigenvalue weighted by molar-refractivity contribution is 5.85. The molecule has 0 saturated heterocycles. The first-order valence-corrected chi connectivity index (χ1v) is 6.78. The summed E-state index contributed by atoms with van der Waals surface area (Å²) in [7, 11) is 5.62. The van der Waals surface area contributed by atoms with E-state index in [0.29, 0.717) is 19.5 Å². The first-order chi connectivity index (χ1) is 9.56. The molecule has 128 valence electrons. The maximum Gasteiger partial charge on any atom is 0.222 e. The Hall–Kier alpha value is -0.850. The molecule has 1 unspecified atom stereocenters. The summed E-state index contributed by atoms with van der Waals surface area (Å²) >= 11 is 0. The van der Waals surface area contributed by atoms with Crippen molar-refractivity contribution in [2.75, 3.05) is 27.7 Å². The van der Waals surface area contributed by atoms with E-state index < -0.39 is 0 Å². The van der Waals surface area contributed by atoms with Gasteiger partial charge < -0.3 is 20.7 Å². The molecule has 1 rings (SSSR count). The van der Waals surface area contributed by atoms with Crippen LogP contribution >= 0.6 is 24.8 Å². The quantitative estimate of drug-likeness (QED) is 0.745. The Morgan fingerprint density at radius 1 is 1.27 bits per heavy atom. The van der Waals surface area contributed by atoms with Crippen molar-refractivity contribution in [2.24, 2.45) is 5.73 Å². The number of halogens is 2. The Labute approximate surface area is 145 Å². The second-order valence-electron chi connectivity index (χ2n) is 5.08. The zero-order valence-electron chi connectivity index (χ0n) is 13.4. The molecule has 1 amide bonds. The Bertz CT molecular complexity index is 427. The summed E-state index contributed by atoms with van der Waals surface area (Å²) in [6.45, 7) is 1.74. The topological polar surface area (TPSA) is 67.6 Å². The molecular formula is C15H27Cl2N3O2. The van der Waals surface area contributed by atoms with Crippen molar-refractivity contribution in [1.29, 1.82) is 0 Å². The van der Waals surface area contributed by atoms with Crippen LogP contribution in [0, 0.1) is 0 Å². The van der Waals surface area contributed by atoms with Gasteiger partial charge in [-0.1, -0.05) is 24.3 Å². The Morgan fingerprint density at radius 3 is 2.36 bits per heavy atom. The average Bonchev–Trinajstić information content (AvgIpc) is 2.43. The van der Waals surface area contributed by atoms with Crippen molar-refractivity contribution in [3.8, 4) is 0 Å². The molecule has 7 heteroatoms. The highest BCUT2D eigenvalue weighted by Gasteiger charge is 2.11. The number of nitrogens with zero attached hydrogens (tertiary/aromatic N) is 1. The van der Waals surface area contributed by atoms with E-state index in [1.807, 2.05) is 32.3 Å². The van der Waals surface area contributed by atoms with Gasteiger partial charge in [-0.15, -0.1) is 24.8 Å². The molecule has 0 aromatic heterocycles. The number of rotatable bonds is 8. The van der Waals surface area contributed by atoms with E-state index in [4.69, 9.17) is 10.5 Å². The molecule has 1 atom stereocenters. The van der Waals surface area contributed by atoms with Gasteiger partial charge in [0, 0.05) is 26.7 Å². The highest BCUT2D eigenvalue weighted by atomic mass is 35.5. The van der Waals surface area contributed by atoms with Crippen molar-refractivity contribution in [3.05, 3.63) is 35.4 Å². The molecule has 0 saturated carbocycles. The van der Waals surface area contributed by atoms with E-state index >= 15 is 0 Å². The summed E-state index contributed by atoms with van der Waals surface area (Å²) in [5, 5.41) is 2.92. The summed E-state index contributed by atoms with van der Waals surface area (Å²) in [6, 6.07) is 8.12. The molecule has 0 aliphatic rings. The van der Waals surface area contributed by atoms with Gasteiger partial charge in [0.15, 0.2) is 0 Å². The minimum atomic E-state index is -0.216. The largest absolute Gasteiger partial charge is 0.380 e. The van der Waals surface area contributed by atoms with Crippen molar-refractivity contribution in [3.63, 3.8) is 0 Å². The third kappa shape index (κ3) is 8.56. The number of hydrogen-bond donors (Lipinski definition) is 2. The van der Waals surface area contributed by atoms with Crippen LogP contribution in [-0.4, -0.2) is 44.7 Å². The van der Waals surface area contributed by atoms with E-state index in [2.05, 4.69) is 16.3 Å². The van der Waals surface area contributed by atoms with Crippen molar-refractivity contribution in [2.45, 2.75) is 25.6 Å². The first-order valence-electron chi connectivity index (χ1n) is 6.78. The first kappa shape index (κ1) is 23.4. The van der Waals surface area contributed by atoms with E-state index in [1.54, 1.807) is 7.11 Å². The molecule has 3 N–H and O–H groups in total. The highest BCUT2D eigenvalue weighted by Crippen LogP contribution is 2.10. The van der Waals surface area contributed by atoms with E-state index in [9.17, 15) is 4.79 Å². The number of methoxy groups -OCH3 is 1. The van der Waals surface area contributed by atoms with Crippen LogP contribution in [0.2, 0.25) is 0 Å². The standard InChI is InChI=1S/C15H25N3O2.2ClH/c1-18(2)11-13-7-5-4-6-12(13)10-17-15(19)8-14(9-16)20-3;;/h4-7,14H,8-11,16H2,1-3H3,(H,17,19);2*1H. The van der Waals surface area contributed by atoms with Crippen molar-refractivity contribution >= 4 is 30.7 Å². The van der Waals surface area contributed by atoms with Gasteiger partial charge >= 0.3 is 0 Å². The molecule has 0 fully saturated rings. The molecule has 0 aliphatic carbocycles. The summed E-state index contributed by atoms with van der Waals surface area (Å²) in [4.78, 5) is 13.9. The van der Waals surface area contributed by atoms with Crippen LogP contribution in [0.5, 0.6) is 0 Å². The lowest BCUT2D eigenvalue weighted by Crippen LogP contribution is -2.32. The molecule has 0 bridgehead atoms. The maximum atomic E-state index is 11.8. The molecule has 1 aromatic rings. The average molecular weight is 352 g/mol. The number of amides is 1. The minimum Gasteiger partial charge on any atom is -0.380 e. The monoisotopic (exact) mass is 351 g/mol. The number of nitrogens with one attached hydrogen (secondary N) is 1. The summed E-state index contributed by atoms with van der Waals surface area (Å²) in [6.07, 6.45) is 0.0788. The van der Waals surface area contributed by atoms with Crippen molar-refractivity contribution in [1.82, 2.24) is 10.2 Å². The lowest BCUT2D eigenvalue weighted by Gasteiger charge is -2.16. The van der Waals surface area contributed by atoms with Gasteiger partial charge in [-0.25, -0.2) is 0 Å². The maximum absolute atomic E-state index is 11.8. The van der Waals surface area contributed by atoms with Gasteiger partial charge in [0.05, 0.1) is 12.5 Å². The molecule has 0 aliphatic heterocycles. The Kier molecular flexibility index (Phi) is 13.5. The Balaban J connectivity index is 0. The smallest absolute Gasteiger partial charge is 0.222 e. The second kappa shape index (κ2) is 12.7. The summed E-state index contributed by atoms with van der Waals surface area (Å²) < 4.78 is 5.11. The molecule has 5 nitrogen and oxygen atoms in total. The normalized spacial score (nSPS) is 11.3. The van der Waals surface area contributed by atoms with E-state index in [0.717, 1.165) is 12.1 Å². The molecule has 22 heavy (non-hydrogen) atoms. The second-order valence-corrected chi connectivity index (χ2v) is 5.08. The van der Waals surface area contributed by atoms with Gasteiger partial charge in [0.25, 0.3) is 0 Å². The fourth-order valence-electron chi connectivity index (χ4n) is 1.96.